The molecule has 0 spiro atoms. The molecule has 0 amide bonds. The number of nitrogens with zero attached hydrogens (tertiary/aromatic N) is 2. The molecular weight excluding hydrogens is 369 g/mol. The van der Waals surface area contributed by atoms with Crippen molar-refractivity contribution in [3.8, 4) is 5.88 Å². The summed E-state index contributed by atoms with van der Waals surface area (Å²) in [7, 11) is 0. The van der Waals surface area contributed by atoms with Crippen LogP contribution in [0.4, 0.5) is 10.1 Å². The van der Waals surface area contributed by atoms with Crippen LogP contribution in [0.1, 0.15) is 24.0 Å². The van der Waals surface area contributed by atoms with E-state index in [9.17, 15) is 9.50 Å². The van der Waals surface area contributed by atoms with E-state index in [4.69, 9.17) is 4.74 Å². The average molecular weight is 395 g/mol. The van der Waals surface area contributed by atoms with Crippen LogP contribution in [-0.4, -0.2) is 54.1 Å². The van der Waals surface area contributed by atoms with Crippen molar-refractivity contribution in [3.63, 3.8) is 0 Å². The molecule has 0 aliphatic carbocycles. The Morgan fingerprint density at radius 3 is 2.69 bits per heavy atom. The van der Waals surface area contributed by atoms with E-state index in [1.807, 2.05) is 12.1 Å². The van der Waals surface area contributed by atoms with Gasteiger partial charge in [0, 0.05) is 30.2 Å². The van der Waals surface area contributed by atoms with Crippen molar-refractivity contribution in [1.82, 2.24) is 9.88 Å². The van der Waals surface area contributed by atoms with Crippen LogP contribution in [0.15, 0.2) is 47.5 Å². The summed E-state index contributed by atoms with van der Waals surface area (Å²) in [5.41, 5.74) is 3.26. The lowest BCUT2D eigenvalue weighted by molar-refractivity contribution is 0.0372. The maximum absolute atomic E-state index is 13.5. The largest absolute Gasteiger partial charge is 0.494 e. The summed E-state index contributed by atoms with van der Waals surface area (Å²) in [5, 5.41) is 10.7. The number of H-pyrrole nitrogens is 1. The van der Waals surface area contributed by atoms with E-state index in [1.165, 1.54) is 24.1 Å². The van der Waals surface area contributed by atoms with Crippen molar-refractivity contribution in [2.45, 2.75) is 19.3 Å². The van der Waals surface area contributed by atoms with E-state index in [0.29, 0.717) is 16.5 Å². The summed E-state index contributed by atoms with van der Waals surface area (Å²) in [6.45, 7) is 4.94. The zero-order chi connectivity index (χ0) is 20.1. The van der Waals surface area contributed by atoms with E-state index in [0.717, 1.165) is 51.4 Å². The van der Waals surface area contributed by atoms with Gasteiger partial charge < -0.3 is 14.8 Å². The summed E-state index contributed by atoms with van der Waals surface area (Å²) in [6.07, 6.45) is 4.98. The third kappa shape index (κ3) is 5.02. The van der Waals surface area contributed by atoms with Gasteiger partial charge in [-0.25, -0.2) is 4.39 Å². The Morgan fingerprint density at radius 1 is 1.10 bits per heavy atom. The molecule has 3 aromatic rings. The molecule has 29 heavy (non-hydrogen) atoms. The fourth-order valence-corrected chi connectivity index (χ4v) is 3.68. The molecule has 0 unspecified atom stereocenters. The quantitative estimate of drug-likeness (QED) is 0.460. The lowest BCUT2D eigenvalue weighted by atomic mass is 10.1. The molecule has 4 rings (SSSR count). The van der Waals surface area contributed by atoms with Crippen molar-refractivity contribution in [2.75, 3.05) is 32.8 Å². The minimum atomic E-state index is -0.343. The van der Waals surface area contributed by atoms with Gasteiger partial charge in [0.1, 0.15) is 5.82 Å². The highest BCUT2D eigenvalue weighted by atomic mass is 19.1. The zero-order valence-corrected chi connectivity index (χ0v) is 16.4. The molecule has 2 aromatic carbocycles. The number of unbranched alkanes of at least 4 members (excludes halogenated alkanes) is 1. The highest BCUT2D eigenvalue weighted by Crippen LogP contribution is 2.27. The summed E-state index contributed by atoms with van der Waals surface area (Å²) < 4.78 is 18.9. The number of rotatable bonds is 7. The number of fused-ring (bicyclic) bond motifs is 1. The van der Waals surface area contributed by atoms with Crippen molar-refractivity contribution < 1.29 is 14.2 Å². The van der Waals surface area contributed by atoms with Gasteiger partial charge in [-0.3, -0.25) is 9.89 Å². The first-order chi connectivity index (χ1) is 14.2. The lowest BCUT2D eigenvalue weighted by Crippen LogP contribution is -2.36. The van der Waals surface area contributed by atoms with Gasteiger partial charge in [-0.2, -0.15) is 0 Å². The van der Waals surface area contributed by atoms with Crippen molar-refractivity contribution in [1.29, 1.82) is 0 Å². The molecule has 1 saturated heterocycles. The van der Waals surface area contributed by atoms with E-state index < -0.39 is 0 Å². The fourth-order valence-electron chi connectivity index (χ4n) is 3.68. The predicted molar refractivity (Wildman–Crippen MR) is 114 cm³/mol. The third-order valence-electron chi connectivity index (χ3n) is 5.35. The maximum Gasteiger partial charge on any atom is 0.198 e. The molecule has 0 bridgehead atoms. The first-order valence-electron chi connectivity index (χ1n) is 10.1. The standard InChI is InChI=1S/C23H26FN3O2/c24-18-6-9-22-20(15-18)21(23(28)26-22)16-25-19-7-4-17(5-8-19)3-1-2-10-27-11-13-29-14-12-27/h4-9,15-16,26,28H,1-3,10-14H2. The average Bonchev–Trinajstić information content (AvgIpc) is 3.05. The number of halogens is 1. The van der Waals surface area contributed by atoms with E-state index in [1.54, 1.807) is 12.3 Å². The second-order valence-electron chi connectivity index (χ2n) is 7.41. The predicted octanol–water partition coefficient (Wildman–Crippen LogP) is 4.42. The number of aryl methyl sites for hydroxylation is 1. The minimum absolute atomic E-state index is 0.00811. The molecule has 0 saturated carbocycles. The summed E-state index contributed by atoms with van der Waals surface area (Å²) in [4.78, 5) is 9.75. The van der Waals surface area contributed by atoms with Gasteiger partial charge in [0.2, 0.25) is 0 Å². The number of hydrogen-bond acceptors (Lipinski definition) is 4. The normalized spacial score (nSPS) is 15.5. The molecule has 1 fully saturated rings. The Balaban J connectivity index is 1.32. The van der Waals surface area contributed by atoms with Crippen LogP contribution in [0.3, 0.4) is 0 Å². The number of morpholine rings is 1. The molecule has 5 nitrogen and oxygen atoms in total. The Bertz CT molecular complexity index is 976. The maximum atomic E-state index is 13.5. The van der Waals surface area contributed by atoms with Crippen LogP contribution >= 0.6 is 0 Å². The van der Waals surface area contributed by atoms with Gasteiger partial charge in [-0.05, 0) is 61.7 Å². The second-order valence-corrected chi connectivity index (χ2v) is 7.41. The summed E-state index contributed by atoms with van der Waals surface area (Å²) >= 11 is 0. The Morgan fingerprint density at radius 2 is 1.90 bits per heavy atom. The molecule has 152 valence electrons. The van der Waals surface area contributed by atoms with Gasteiger partial charge in [0.05, 0.1) is 24.5 Å². The van der Waals surface area contributed by atoms with Gasteiger partial charge in [-0.1, -0.05) is 12.1 Å². The number of benzene rings is 2. The van der Waals surface area contributed by atoms with E-state index >= 15 is 0 Å². The Kier molecular flexibility index (Phi) is 6.22. The Hall–Kier alpha value is -2.70. The van der Waals surface area contributed by atoms with Gasteiger partial charge in [0.25, 0.3) is 0 Å². The van der Waals surface area contributed by atoms with Crippen molar-refractivity contribution in [2.24, 2.45) is 4.99 Å². The summed E-state index contributed by atoms with van der Waals surface area (Å²) in [6, 6.07) is 12.5. The molecule has 6 heteroatoms. The zero-order valence-electron chi connectivity index (χ0n) is 16.4. The molecular formula is C23H26FN3O2. The highest BCUT2D eigenvalue weighted by molar-refractivity contribution is 6.02. The molecule has 2 heterocycles. The van der Waals surface area contributed by atoms with E-state index in [-0.39, 0.29) is 11.7 Å². The number of hydrogen-bond donors (Lipinski definition) is 2. The Labute approximate surface area is 169 Å². The number of aromatic nitrogens is 1. The number of aromatic amines is 1. The van der Waals surface area contributed by atoms with E-state index in [2.05, 4.69) is 27.0 Å². The molecule has 1 aliphatic heterocycles. The molecule has 1 aromatic heterocycles. The van der Waals surface area contributed by atoms with Crippen LogP contribution in [-0.2, 0) is 11.2 Å². The van der Waals surface area contributed by atoms with Crippen molar-refractivity contribution >= 4 is 22.8 Å². The van der Waals surface area contributed by atoms with Crippen LogP contribution in [0.5, 0.6) is 5.88 Å². The monoisotopic (exact) mass is 395 g/mol. The van der Waals surface area contributed by atoms with Crippen LogP contribution < -0.4 is 0 Å². The SMILES string of the molecule is Oc1[nH]c2ccc(F)cc2c1C=Nc1ccc(CCCCN2CCOCC2)cc1. The number of nitrogens with one attached hydrogen (secondary N) is 1. The molecule has 0 atom stereocenters. The minimum Gasteiger partial charge on any atom is -0.494 e. The van der Waals surface area contributed by atoms with Gasteiger partial charge in [-0.15, -0.1) is 0 Å². The fraction of sp³-hybridized carbons (Fsp3) is 0.348. The smallest absolute Gasteiger partial charge is 0.198 e. The van der Waals surface area contributed by atoms with Crippen LogP contribution in [0.2, 0.25) is 0 Å². The highest BCUT2D eigenvalue weighted by Gasteiger charge is 2.10. The van der Waals surface area contributed by atoms with Gasteiger partial charge >= 0.3 is 0 Å². The van der Waals surface area contributed by atoms with Crippen molar-refractivity contribution in [3.05, 3.63) is 59.4 Å². The van der Waals surface area contributed by atoms with Gasteiger partial charge in [0.15, 0.2) is 5.88 Å². The topological polar surface area (TPSA) is 60.8 Å². The summed E-state index contributed by atoms with van der Waals surface area (Å²) in [5.74, 6) is -0.352. The first kappa shape index (κ1) is 19.6. The van der Waals surface area contributed by atoms with Crippen LogP contribution in [0, 0.1) is 5.82 Å². The molecule has 0 radical (unpaired) electrons. The number of ether oxygens (including phenoxy) is 1. The molecule has 2 N–H and O–H groups in total. The number of aromatic hydroxyl groups is 1. The lowest BCUT2D eigenvalue weighted by Gasteiger charge is -2.26. The first-order valence-corrected chi connectivity index (χ1v) is 10.1. The second kappa shape index (κ2) is 9.20. The number of aliphatic imine (C=N–C) groups is 1. The molecule has 1 aliphatic rings. The third-order valence-corrected chi connectivity index (χ3v) is 5.35. The van der Waals surface area contributed by atoms with Crippen LogP contribution in [0.25, 0.3) is 10.9 Å².